The molecule has 9 heteroatoms. The van der Waals surface area contributed by atoms with Crippen molar-refractivity contribution >= 4 is 43.6 Å². The molecule has 37 heavy (non-hydrogen) atoms. The fourth-order valence-electron chi connectivity index (χ4n) is 7.99. The lowest BCUT2D eigenvalue weighted by Gasteiger charge is -2.56. The predicted molar refractivity (Wildman–Crippen MR) is 147 cm³/mol. The lowest BCUT2D eigenvalue weighted by atomic mass is 9.56. The predicted octanol–water partition coefficient (Wildman–Crippen LogP) is 4.87. The molecule has 5 aliphatic rings. The first kappa shape index (κ1) is 25.8. The third-order valence-corrected chi connectivity index (χ3v) is 11.9. The van der Waals surface area contributed by atoms with Gasteiger partial charge in [0.1, 0.15) is 5.75 Å². The Morgan fingerprint density at radius 2 is 1.81 bits per heavy atom. The van der Waals surface area contributed by atoms with E-state index in [9.17, 15) is 14.1 Å². The summed E-state index contributed by atoms with van der Waals surface area (Å²) >= 11 is 3.54. The maximum Gasteiger partial charge on any atom is 0.340 e. The molecule has 0 amide bonds. The maximum absolute atomic E-state index is 14.2. The highest BCUT2D eigenvalue weighted by molar-refractivity contribution is 9.10. The summed E-state index contributed by atoms with van der Waals surface area (Å²) in [5.41, 5.74) is 2.76. The number of hydrogen-bond donors (Lipinski definition) is 1. The van der Waals surface area contributed by atoms with Crippen molar-refractivity contribution in [1.29, 1.82) is 0 Å². The second-order valence-corrected chi connectivity index (χ2v) is 14.4. The Balaban J connectivity index is 1.44. The first-order valence-corrected chi connectivity index (χ1v) is 15.8. The van der Waals surface area contributed by atoms with Crippen LogP contribution in [0.4, 0.5) is 0 Å². The average Bonchev–Trinajstić information content (AvgIpc) is 3.13. The number of fused-ring (bicyclic) bond motifs is 1. The topological polar surface area (TPSA) is 81.0 Å². The number of hydrogen-bond acceptors (Lipinski definition) is 6. The zero-order valence-electron chi connectivity index (χ0n) is 21.8. The molecular formula is C28H37BrN2O5S. The maximum atomic E-state index is 14.2. The Kier molecular flexibility index (Phi) is 6.95. The van der Waals surface area contributed by atoms with E-state index in [0.29, 0.717) is 64.3 Å². The number of morpholine rings is 1. The van der Waals surface area contributed by atoms with Gasteiger partial charge < -0.3 is 19.1 Å². The molecule has 2 heterocycles. The molecule has 0 spiro atoms. The number of aromatic nitrogens is 1. The Morgan fingerprint density at radius 1 is 1.19 bits per heavy atom. The van der Waals surface area contributed by atoms with E-state index < -0.39 is 16.8 Å². The van der Waals surface area contributed by atoms with E-state index in [0.717, 1.165) is 43.6 Å². The molecule has 7 nitrogen and oxygen atoms in total. The summed E-state index contributed by atoms with van der Waals surface area (Å²) < 4.78 is 27.8. The lowest BCUT2D eigenvalue weighted by molar-refractivity contribution is 0.0340. The van der Waals surface area contributed by atoms with Crippen molar-refractivity contribution < 1.29 is 23.6 Å². The van der Waals surface area contributed by atoms with E-state index in [-0.39, 0.29) is 17.1 Å². The highest BCUT2D eigenvalue weighted by atomic mass is 79.9. The summed E-state index contributed by atoms with van der Waals surface area (Å²) in [6, 6.07) is 1.87. The highest BCUT2D eigenvalue weighted by Gasteiger charge is 2.54. The van der Waals surface area contributed by atoms with Crippen LogP contribution < -0.4 is 0 Å². The fraction of sp³-hybridized carbons (Fsp3) is 0.679. The lowest BCUT2D eigenvalue weighted by Crippen LogP contribution is -2.53. The van der Waals surface area contributed by atoms with Crippen LogP contribution >= 0.6 is 15.9 Å². The van der Waals surface area contributed by atoms with Gasteiger partial charge in [0.2, 0.25) is 0 Å². The van der Waals surface area contributed by atoms with Gasteiger partial charge in [-0.1, -0.05) is 0 Å². The molecule has 5 fully saturated rings. The van der Waals surface area contributed by atoms with Crippen molar-refractivity contribution in [3.05, 3.63) is 27.4 Å². The Bertz CT molecular complexity index is 1220. The minimum atomic E-state index is -1.10. The first-order valence-electron chi connectivity index (χ1n) is 13.7. The summed E-state index contributed by atoms with van der Waals surface area (Å²) in [5, 5.41) is 11.9. The van der Waals surface area contributed by atoms with Gasteiger partial charge in [0.15, 0.2) is 0 Å². The number of aromatic hydroxyl groups is 1. The molecule has 1 atom stereocenters. The van der Waals surface area contributed by atoms with Crippen LogP contribution in [0.15, 0.2) is 10.5 Å². The Hall–Kier alpha value is -1.42. The number of rotatable bonds is 7. The van der Waals surface area contributed by atoms with Gasteiger partial charge in [0.25, 0.3) is 0 Å². The van der Waals surface area contributed by atoms with E-state index in [1.165, 1.54) is 19.3 Å². The number of halogens is 1. The van der Waals surface area contributed by atoms with Crippen LogP contribution in [0.5, 0.6) is 5.75 Å². The second kappa shape index (κ2) is 9.96. The number of nitrogens with zero attached hydrogens (tertiary/aromatic N) is 2. The minimum absolute atomic E-state index is 0.128. The van der Waals surface area contributed by atoms with Gasteiger partial charge in [-0.3, -0.25) is 9.11 Å². The van der Waals surface area contributed by atoms with Crippen molar-refractivity contribution in [3.8, 4) is 5.75 Å². The molecule has 4 saturated carbocycles. The summed E-state index contributed by atoms with van der Waals surface area (Å²) in [6.07, 6.45) is 7.07. The zero-order chi connectivity index (χ0) is 25.9. The largest absolute Gasteiger partial charge is 0.506 e. The van der Waals surface area contributed by atoms with E-state index >= 15 is 0 Å². The number of aryl methyl sites for hydroxylation is 1. The molecule has 1 saturated heterocycles. The van der Waals surface area contributed by atoms with E-state index in [1.54, 1.807) is 6.92 Å². The van der Waals surface area contributed by atoms with E-state index in [4.69, 9.17) is 9.47 Å². The molecule has 7 rings (SSSR count). The number of phenolic OH excluding ortho intramolecular Hbond substituents is 1. The van der Waals surface area contributed by atoms with E-state index in [2.05, 4.69) is 20.8 Å². The van der Waals surface area contributed by atoms with Crippen molar-refractivity contribution in [2.75, 3.05) is 32.9 Å². The number of phenols is 1. The zero-order valence-corrected chi connectivity index (χ0v) is 24.2. The van der Waals surface area contributed by atoms with Crippen LogP contribution in [0.3, 0.4) is 0 Å². The van der Waals surface area contributed by atoms with Gasteiger partial charge in [0.05, 0.1) is 41.1 Å². The number of carbonyl (C=O) groups excluding carboxylic acids is 1. The molecule has 4 bridgehead atoms. The van der Waals surface area contributed by atoms with E-state index in [1.807, 2.05) is 17.7 Å². The van der Waals surface area contributed by atoms with Gasteiger partial charge in [-0.25, -0.2) is 4.79 Å². The molecular weight excluding hydrogens is 556 g/mol. The molecule has 202 valence electrons. The Labute approximate surface area is 229 Å². The van der Waals surface area contributed by atoms with Crippen molar-refractivity contribution in [2.24, 2.45) is 24.8 Å². The number of ether oxygens (including phenoxy) is 2. The summed E-state index contributed by atoms with van der Waals surface area (Å²) in [5.74, 6) is 2.20. The van der Waals surface area contributed by atoms with Crippen molar-refractivity contribution in [1.82, 2.24) is 9.47 Å². The number of carbonyl (C=O) groups is 1. The van der Waals surface area contributed by atoms with Gasteiger partial charge in [-0.15, -0.1) is 0 Å². The minimum Gasteiger partial charge on any atom is -0.506 e. The van der Waals surface area contributed by atoms with Crippen molar-refractivity contribution in [3.63, 3.8) is 0 Å². The van der Waals surface area contributed by atoms with Crippen LogP contribution in [-0.4, -0.2) is 62.4 Å². The van der Waals surface area contributed by atoms with Crippen molar-refractivity contribution in [2.45, 2.75) is 62.5 Å². The third-order valence-electron chi connectivity index (χ3n) is 9.34. The number of benzene rings is 1. The summed E-state index contributed by atoms with van der Waals surface area (Å²) in [6.45, 7) is 5.38. The van der Waals surface area contributed by atoms with Gasteiger partial charge in [-0.05, 0) is 85.2 Å². The van der Waals surface area contributed by atoms with Gasteiger partial charge in [-0.2, -0.15) is 0 Å². The fourth-order valence-corrected chi connectivity index (χ4v) is 10.6. The molecule has 2 aromatic rings. The molecule has 1 N–H and O–H groups in total. The van der Waals surface area contributed by atoms with Crippen LogP contribution in [0.25, 0.3) is 10.9 Å². The normalized spacial score (nSPS) is 30.2. The highest BCUT2D eigenvalue weighted by Crippen LogP contribution is 2.58. The molecule has 1 unspecified atom stereocenters. The summed E-state index contributed by atoms with van der Waals surface area (Å²) in [4.78, 5) is 15.7. The average molecular weight is 594 g/mol. The third kappa shape index (κ3) is 4.47. The smallest absolute Gasteiger partial charge is 0.340 e. The second-order valence-electron chi connectivity index (χ2n) is 11.7. The molecule has 1 aromatic heterocycles. The SMILES string of the molecule is CCOC(=O)c1c(CS(=O)C23CC4CC(CC(C4)C2)C3)n(C)c2cc(Br)c(O)c(CN3CCOCC3)c12. The van der Waals surface area contributed by atoms with Crippen LogP contribution in [0, 0.1) is 17.8 Å². The standard InChI is InChI=1S/C28H37BrN2O5S/c1-3-36-27(33)25-23(16-37(34)28-12-17-8-18(13-28)10-19(9-17)14-28)30(2)22-11-21(29)26(32)20(24(22)25)15-31-4-6-35-7-5-31/h11,17-19,32H,3-10,12-16H2,1-2H3. The molecule has 1 aromatic carbocycles. The van der Waals surface area contributed by atoms with Crippen LogP contribution in [0.2, 0.25) is 0 Å². The van der Waals surface area contributed by atoms with Crippen LogP contribution in [0.1, 0.15) is 67.1 Å². The number of esters is 1. The molecule has 0 radical (unpaired) electrons. The monoisotopic (exact) mass is 592 g/mol. The first-order chi connectivity index (χ1) is 17.8. The molecule has 1 aliphatic heterocycles. The molecule has 4 aliphatic carbocycles. The van der Waals surface area contributed by atoms with Crippen LogP contribution in [-0.2, 0) is 39.6 Å². The van der Waals surface area contributed by atoms with Gasteiger partial charge in [0, 0.05) is 58.9 Å². The van der Waals surface area contributed by atoms with Gasteiger partial charge >= 0.3 is 5.97 Å². The quantitative estimate of drug-likeness (QED) is 0.462. The summed E-state index contributed by atoms with van der Waals surface area (Å²) in [7, 11) is 0.847. The Morgan fingerprint density at radius 3 is 2.41 bits per heavy atom.